The first kappa shape index (κ1) is 9.37. The highest BCUT2D eigenvalue weighted by atomic mass is 15.1. The van der Waals surface area contributed by atoms with Gasteiger partial charge in [-0.2, -0.15) is 0 Å². The van der Waals surface area contributed by atoms with Crippen LogP contribution in [0.5, 0.6) is 0 Å². The Labute approximate surface area is 75.8 Å². The molecule has 0 N–H and O–H groups in total. The zero-order valence-electron chi connectivity index (χ0n) is 8.27. The molecule has 0 radical (unpaired) electrons. The number of hydrogen-bond acceptors (Lipinski definition) is 1. The summed E-state index contributed by atoms with van der Waals surface area (Å²) in [6.45, 7) is 10.1. The number of allylic oxidation sites excluding steroid dienone is 2. The lowest BCUT2D eigenvalue weighted by atomic mass is 10.0. The summed E-state index contributed by atoms with van der Waals surface area (Å²) in [6.07, 6.45) is 5.37. The van der Waals surface area contributed by atoms with Gasteiger partial charge in [0.05, 0.1) is 0 Å². The maximum Gasteiger partial charge on any atom is 0.0132 e. The standard InChI is InChI=1S/C11H19N/c1-9(2)12(4)10(3)11-7-5-6-8-11/h11H,1,3,5-8H2,2,4H3. The van der Waals surface area contributed by atoms with Crippen molar-refractivity contribution in [2.24, 2.45) is 5.92 Å². The summed E-state index contributed by atoms with van der Waals surface area (Å²) in [5, 5.41) is 0. The van der Waals surface area contributed by atoms with E-state index in [1.807, 2.05) is 6.92 Å². The van der Waals surface area contributed by atoms with E-state index in [0.717, 1.165) is 5.70 Å². The van der Waals surface area contributed by atoms with E-state index < -0.39 is 0 Å². The fourth-order valence-electron chi connectivity index (χ4n) is 1.78. The van der Waals surface area contributed by atoms with Crippen molar-refractivity contribution in [2.75, 3.05) is 7.05 Å². The van der Waals surface area contributed by atoms with Gasteiger partial charge in [0.15, 0.2) is 0 Å². The molecule has 1 fully saturated rings. The van der Waals surface area contributed by atoms with Crippen LogP contribution in [0.2, 0.25) is 0 Å². The molecule has 12 heavy (non-hydrogen) atoms. The zero-order chi connectivity index (χ0) is 9.14. The first-order chi connectivity index (χ1) is 5.63. The number of rotatable bonds is 3. The summed E-state index contributed by atoms with van der Waals surface area (Å²) in [6, 6.07) is 0. The van der Waals surface area contributed by atoms with E-state index in [4.69, 9.17) is 0 Å². The molecule has 0 spiro atoms. The molecule has 1 saturated carbocycles. The highest BCUT2D eigenvalue weighted by Gasteiger charge is 2.20. The summed E-state index contributed by atoms with van der Waals surface area (Å²) in [5.74, 6) is 0.715. The van der Waals surface area contributed by atoms with Gasteiger partial charge in [-0.05, 0) is 25.7 Å². The van der Waals surface area contributed by atoms with Crippen LogP contribution in [0.15, 0.2) is 24.6 Å². The summed E-state index contributed by atoms with van der Waals surface area (Å²) in [4.78, 5) is 2.12. The van der Waals surface area contributed by atoms with Crippen LogP contribution in [0.4, 0.5) is 0 Å². The fraction of sp³-hybridized carbons (Fsp3) is 0.636. The van der Waals surface area contributed by atoms with Crippen molar-refractivity contribution in [2.45, 2.75) is 32.6 Å². The van der Waals surface area contributed by atoms with Crippen LogP contribution in [0.25, 0.3) is 0 Å². The van der Waals surface area contributed by atoms with Crippen molar-refractivity contribution >= 4 is 0 Å². The average molecular weight is 165 g/mol. The maximum absolute atomic E-state index is 4.12. The van der Waals surface area contributed by atoms with Crippen molar-refractivity contribution in [3.8, 4) is 0 Å². The second kappa shape index (κ2) is 3.79. The molecule has 1 rings (SSSR count). The summed E-state index contributed by atoms with van der Waals surface area (Å²) < 4.78 is 0. The lowest BCUT2D eigenvalue weighted by Crippen LogP contribution is -2.18. The Hall–Kier alpha value is -0.720. The molecule has 0 atom stereocenters. The largest absolute Gasteiger partial charge is 0.353 e. The normalized spacial score (nSPS) is 17.8. The molecule has 0 aromatic heterocycles. The smallest absolute Gasteiger partial charge is 0.0132 e. The lowest BCUT2D eigenvalue weighted by Gasteiger charge is -2.25. The van der Waals surface area contributed by atoms with Gasteiger partial charge in [0.25, 0.3) is 0 Å². The molecule has 1 aliphatic rings. The van der Waals surface area contributed by atoms with Crippen molar-refractivity contribution in [1.82, 2.24) is 4.90 Å². The van der Waals surface area contributed by atoms with E-state index >= 15 is 0 Å². The van der Waals surface area contributed by atoms with E-state index in [9.17, 15) is 0 Å². The molecule has 0 heterocycles. The molecule has 0 aromatic rings. The van der Waals surface area contributed by atoms with Gasteiger partial charge >= 0.3 is 0 Å². The second-order valence-electron chi connectivity index (χ2n) is 3.77. The van der Waals surface area contributed by atoms with E-state index in [-0.39, 0.29) is 0 Å². The third-order valence-corrected chi connectivity index (χ3v) is 2.83. The van der Waals surface area contributed by atoms with Gasteiger partial charge in [-0.15, -0.1) is 0 Å². The van der Waals surface area contributed by atoms with Gasteiger partial charge in [0, 0.05) is 18.4 Å². The Kier molecular flexibility index (Phi) is 2.96. The van der Waals surface area contributed by atoms with Gasteiger partial charge in [-0.25, -0.2) is 0 Å². The second-order valence-corrected chi connectivity index (χ2v) is 3.77. The van der Waals surface area contributed by atoms with Gasteiger partial charge < -0.3 is 4.90 Å². The molecular formula is C11H19N. The number of nitrogens with zero attached hydrogens (tertiary/aromatic N) is 1. The van der Waals surface area contributed by atoms with Gasteiger partial charge in [-0.1, -0.05) is 26.0 Å². The summed E-state index contributed by atoms with van der Waals surface area (Å²) >= 11 is 0. The number of hydrogen-bond donors (Lipinski definition) is 0. The molecule has 0 unspecified atom stereocenters. The molecule has 0 aliphatic heterocycles. The van der Waals surface area contributed by atoms with Crippen molar-refractivity contribution in [3.05, 3.63) is 24.6 Å². The Bertz CT molecular complexity index is 187. The molecule has 68 valence electrons. The topological polar surface area (TPSA) is 3.24 Å². The molecule has 1 nitrogen and oxygen atoms in total. The zero-order valence-corrected chi connectivity index (χ0v) is 8.27. The minimum absolute atomic E-state index is 0.715. The third-order valence-electron chi connectivity index (χ3n) is 2.83. The maximum atomic E-state index is 4.12. The Balaban J connectivity index is 2.51. The molecule has 0 saturated heterocycles. The molecule has 1 aliphatic carbocycles. The van der Waals surface area contributed by atoms with E-state index in [0.29, 0.717) is 5.92 Å². The third kappa shape index (κ3) is 1.90. The van der Waals surface area contributed by atoms with Crippen LogP contribution >= 0.6 is 0 Å². The Morgan fingerprint density at radius 1 is 1.25 bits per heavy atom. The predicted octanol–water partition coefficient (Wildman–Crippen LogP) is 3.16. The van der Waals surface area contributed by atoms with Crippen molar-refractivity contribution in [3.63, 3.8) is 0 Å². The van der Waals surface area contributed by atoms with Crippen LogP contribution in [0.3, 0.4) is 0 Å². The lowest BCUT2D eigenvalue weighted by molar-refractivity contribution is 0.431. The van der Waals surface area contributed by atoms with Gasteiger partial charge in [0.2, 0.25) is 0 Å². The Morgan fingerprint density at radius 3 is 2.17 bits per heavy atom. The fourth-order valence-corrected chi connectivity index (χ4v) is 1.78. The SMILES string of the molecule is C=C(C)N(C)C(=C)C1CCCC1. The highest BCUT2D eigenvalue weighted by Crippen LogP contribution is 2.32. The summed E-state index contributed by atoms with van der Waals surface area (Å²) in [7, 11) is 2.06. The molecule has 0 aromatic carbocycles. The Morgan fingerprint density at radius 2 is 1.75 bits per heavy atom. The predicted molar refractivity (Wildman–Crippen MR) is 53.7 cm³/mol. The van der Waals surface area contributed by atoms with Gasteiger partial charge in [-0.3, -0.25) is 0 Å². The van der Waals surface area contributed by atoms with E-state index in [1.165, 1.54) is 31.4 Å². The highest BCUT2D eigenvalue weighted by molar-refractivity contribution is 5.08. The minimum atomic E-state index is 0.715. The van der Waals surface area contributed by atoms with Crippen LogP contribution in [-0.4, -0.2) is 11.9 Å². The molecular weight excluding hydrogens is 146 g/mol. The van der Waals surface area contributed by atoms with Crippen LogP contribution < -0.4 is 0 Å². The first-order valence-corrected chi connectivity index (χ1v) is 4.71. The summed E-state index contributed by atoms with van der Waals surface area (Å²) in [5.41, 5.74) is 2.34. The van der Waals surface area contributed by atoms with Crippen molar-refractivity contribution in [1.29, 1.82) is 0 Å². The minimum Gasteiger partial charge on any atom is -0.353 e. The van der Waals surface area contributed by atoms with E-state index in [2.05, 4.69) is 25.1 Å². The van der Waals surface area contributed by atoms with Crippen LogP contribution in [0, 0.1) is 5.92 Å². The quantitative estimate of drug-likeness (QED) is 0.621. The molecule has 0 amide bonds. The molecule has 0 bridgehead atoms. The molecule has 1 heteroatoms. The average Bonchev–Trinajstić information content (AvgIpc) is 2.53. The monoisotopic (exact) mass is 165 g/mol. The van der Waals surface area contributed by atoms with Crippen LogP contribution in [0.1, 0.15) is 32.6 Å². The van der Waals surface area contributed by atoms with Gasteiger partial charge in [0.1, 0.15) is 0 Å². The first-order valence-electron chi connectivity index (χ1n) is 4.71. The van der Waals surface area contributed by atoms with Crippen molar-refractivity contribution < 1.29 is 0 Å². The van der Waals surface area contributed by atoms with E-state index in [1.54, 1.807) is 0 Å². The van der Waals surface area contributed by atoms with Crippen LogP contribution in [-0.2, 0) is 0 Å².